The van der Waals surface area contributed by atoms with E-state index in [2.05, 4.69) is 15.3 Å². The highest BCUT2D eigenvalue weighted by molar-refractivity contribution is 6.43. The number of benzene rings is 1. The van der Waals surface area contributed by atoms with Crippen LogP contribution in [0.25, 0.3) is 0 Å². The van der Waals surface area contributed by atoms with Gasteiger partial charge in [-0.1, -0.05) is 51.6 Å². The Morgan fingerprint density at radius 1 is 1.14 bits per heavy atom. The van der Waals surface area contributed by atoms with E-state index in [1.165, 1.54) is 18.6 Å². The van der Waals surface area contributed by atoms with Crippen LogP contribution in [0.3, 0.4) is 0 Å². The smallest absolute Gasteiger partial charge is 0.426 e. The minimum Gasteiger partial charge on any atom is -0.426 e. The van der Waals surface area contributed by atoms with E-state index in [-0.39, 0.29) is 37.1 Å². The quantitative estimate of drug-likeness (QED) is 0.417. The van der Waals surface area contributed by atoms with Crippen LogP contribution in [0, 0.1) is 11.8 Å². The Kier molecular flexibility index (Phi) is 10.2. The Labute approximate surface area is 172 Å². The molecule has 156 valence electrons. The van der Waals surface area contributed by atoms with Crippen molar-refractivity contribution in [3.05, 3.63) is 60.2 Å². The molecule has 1 aromatic carbocycles. The number of hydrogen-bond acceptors (Lipinski definition) is 6. The molecule has 8 heteroatoms. The second-order valence-corrected chi connectivity index (χ2v) is 7.26. The molecule has 0 aliphatic heterocycles. The van der Waals surface area contributed by atoms with E-state index in [0.717, 1.165) is 5.56 Å². The lowest BCUT2D eigenvalue weighted by atomic mass is 9.74. The fourth-order valence-corrected chi connectivity index (χ4v) is 2.99. The van der Waals surface area contributed by atoms with E-state index < -0.39 is 19.0 Å². The topological polar surface area (TPSA) is 112 Å². The zero-order valence-corrected chi connectivity index (χ0v) is 16.2. The van der Waals surface area contributed by atoms with Crippen LogP contribution in [0.4, 0.5) is 0 Å². The van der Waals surface area contributed by atoms with E-state index in [9.17, 15) is 19.6 Å². The molecule has 7 nitrogen and oxygen atoms in total. The maximum atomic E-state index is 12.9. The average Bonchev–Trinajstić information content (AvgIpc) is 2.68. The van der Waals surface area contributed by atoms with Gasteiger partial charge >= 0.3 is 7.12 Å². The molecule has 0 radical (unpaired) electrons. The highest BCUT2D eigenvalue weighted by atomic mass is 16.4. The van der Waals surface area contributed by atoms with Gasteiger partial charge in [-0.3, -0.25) is 14.6 Å². The number of aromatic nitrogens is 2. The van der Waals surface area contributed by atoms with E-state index in [1.54, 1.807) is 0 Å². The third kappa shape index (κ3) is 8.13. The van der Waals surface area contributed by atoms with Crippen molar-refractivity contribution in [3.8, 4) is 0 Å². The number of nitrogens with zero attached hydrogens (tertiary/aromatic N) is 2. The van der Waals surface area contributed by atoms with Crippen molar-refractivity contribution in [3.63, 3.8) is 0 Å². The number of nitrogens with one attached hydrogen (secondary N) is 1. The maximum Gasteiger partial charge on any atom is 0.475 e. The van der Waals surface area contributed by atoms with Crippen LogP contribution >= 0.6 is 0 Å². The standard InChI is InChI=1S/C20H26BN3O4.CH4/c1-14(2)10-19(21(27)28)24-20(26)16(11-15-6-4-3-5-7-15)12-18(25)17-13-22-8-9-23-17;/h3-9,13-14,16,19,27-28H,10-12H2,1-2H3,(H,24,26);1H4/t16-,19+;/m1./s1. The Balaban J connectivity index is 0.00000420. The minimum atomic E-state index is -1.67. The molecule has 0 fully saturated rings. The molecule has 0 aliphatic carbocycles. The van der Waals surface area contributed by atoms with Gasteiger partial charge in [0.2, 0.25) is 5.91 Å². The van der Waals surface area contributed by atoms with Crippen molar-refractivity contribution >= 4 is 18.8 Å². The van der Waals surface area contributed by atoms with E-state index in [1.807, 2.05) is 44.2 Å². The first-order valence-corrected chi connectivity index (χ1v) is 9.36. The van der Waals surface area contributed by atoms with Crippen LogP contribution in [0.2, 0.25) is 0 Å². The Hall–Kier alpha value is -2.58. The molecule has 2 aromatic rings. The molecule has 0 unspecified atom stereocenters. The van der Waals surface area contributed by atoms with Gasteiger partial charge in [-0.25, -0.2) is 4.98 Å². The van der Waals surface area contributed by atoms with Crippen LogP contribution in [0.1, 0.15) is 50.2 Å². The third-order valence-corrected chi connectivity index (χ3v) is 4.39. The fraction of sp³-hybridized carbons (Fsp3) is 0.429. The number of Topliss-reactive ketones (excluding diaryl/α,β-unsaturated/α-hetero) is 1. The molecule has 1 aromatic heterocycles. The van der Waals surface area contributed by atoms with Gasteiger partial charge in [-0.2, -0.15) is 0 Å². The molecule has 0 spiro atoms. The van der Waals surface area contributed by atoms with Gasteiger partial charge in [0.1, 0.15) is 5.69 Å². The summed E-state index contributed by atoms with van der Waals surface area (Å²) in [6.07, 6.45) is 5.01. The molecule has 29 heavy (non-hydrogen) atoms. The lowest BCUT2D eigenvalue weighted by molar-refractivity contribution is -0.125. The van der Waals surface area contributed by atoms with Crippen LogP contribution in [-0.4, -0.2) is 44.8 Å². The Morgan fingerprint density at radius 2 is 1.83 bits per heavy atom. The summed E-state index contributed by atoms with van der Waals surface area (Å²) in [5.74, 6) is -1.96. The zero-order chi connectivity index (χ0) is 20.5. The van der Waals surface area contributed by atoms with E-state index >= 15 is 0 Å². The zero-order valence-electron chi connectivity index (χ0n) is 16.2. The van der Waals surface area contributed by atoms with Crippen molar-refractivity contribution in [2.75, 3.05) is 0 Å². The second-order valence-electron chi connectivity index (χ2n) is 7.26. The first-order valence-electron chi connectivity index (χ1n) is 9.36. The molecule has 0 saturated carbocycles. The van der Waals surface area contributed by atoms with Gasteiger partial charge in [0.15, 0.2) is 5.78 Å². The predicted molar refractivity (Wildman–Crippen MR) is 113 cm³/mol. The summed E-state index contributed by atoms with van der Waals surface area (Å²) in [7, 11) is -1.67. The summed E-state index contributed by atoms with van der Waals surface area (Å²) in [6.45, 7) is 3.86. The average molecular weight is 399 g/mol. The number of ketones is 1. The van der Waals surface area contributed by atoms with E-state index in [4.69, 9.17) is 0 Å². The SMILES string of the molecule is C.CC(C)C[C@H](NC(=O)[C@@H](CC(=O)c1cnccn1)Cc1ccccc1)B(O)O. The maximum absolute atomic E-state index is 12.9. The highest BCUT2D eigenvalue weighted by Crippen LogP contribution is 2.17. The van der Waals surface area contributed by atoms with Gasteiger partial charge < -0.3 is 15.4 Å². The van der Waals surface area contributed by atoms with Gasteiger partial charge in [-0.05, 0) is 24.3 Å². The molecule has 0 aliphatic rings. The molecule has 1 amide bonds. The van der Waals surface area contributed by atoms with Crippen molar-refractivity contribution < 1.29 is 19.6 Å². The summed E-state index contributed by atoms with van der Waals surface area (Å²) >= 11 is 0. The lowest BCUT2D eigenvalue weighted by Gasteiger charge is -2.23. The summed E-state index contributed by atoms with van der Waals surface area (Å²) in [6, 6.07) is 9.39. The number of carbonyl (C=O) groups excluding carboxylic acids is 2. The second kappa shape index (κ2) is 12.1. The van der Waals surface area contributed by atoms with Gasteiger partial charge in [0.25, 0.3) is 0 Å². The molecule has 0 saturated heterocycles. The molecule has 0 bridgehead atoms. The van der Waals surface area contributed by atoms with Crippen molar-refractivity contribution in [2.45, 2.75) is 46.5 Å². The monoisotopic (exact) mass is 399 g/mol. The summed E-state index contributed by atoms with van der Waals surface area (Å²) in [5.41, 5.74) is 1.12. The number of carbonyl (C=O) groups is 2. The minimum absolute atomic E-state index is 0. The summed E-state index contributed by atoms with van der Waals surface area (Å²) < 4.78 is 0. The van der Waals surface area contributed by atoms with Crippen LogP contribution < -0.4 is 5.32 Å². The first kappa shape index (κ1) is 24.5. The summed E-state index contributed by atoms with van der Waals surface area (Å²) in [5, 5.41) is 21.9. The normalized spacial score (nSPS) is 12.6. The summed E-state index contributed by atoms with van der Waals surface area (Å²) in [4.78, 5) is 33.4. The van der Waals surface area contributed by atoms with Crippen molar-refractivity contribution in [2.24, 2.45) is 11.8 Å². The van der Waals surface area contributed by atoms with E-state index in [0.29, 0.717) is 12.8 Å². The molecular weight excluding hydrogens is 369 g/mol. The highest BCUT2D eigenvalue weighted by Gasteiger charge is 2.30. The Morgan fingerprint density at radius 3 is 2.38 bits per heavy atom. The molecular formula is C21H30BN3O4. The van der Waals surface area contributed by atoms with Gasteiger partial charge in [0, 0.05) is 24.7 Å². The van der Waals surface area contributed by atoms with Crippen LogP contribution in [0.15, 0.2) is 48.9 Å². The van der Waals surface area contributed by atoms with Gasteiger partial charge in [0.05, 0.1) is 12.1 Å². The Bertz CT molecular complexity index is 757. The third-order valence-electron chi connectivity index (χ3n) is 4.39. The molecule has 2 atom stereocenters. The fourth-order valence-electron chi connectivity index (χ4n) is 2.99. The number of amides is 1. The van der Waals surface area contributed by atoms with Crippen molar-refractivity contribution in [1.82, 2.24) is 15.3 Å². The van der Waals surface area contributed by atoms with Crippen LogP contribution in [0.5, 0.6) is 0 Å². The largest absolute Gasteiger partial charge is 0.475 e. The van der Waals surface area contributed by atoms with Crippen molar-refractivity contribution in [1.29, 1.82) is 0 Å². The molecule has 3 N–H and O–H groups in total. The lowest BCUT2D eigenvalue weighted by Crippen LogP contribution is -2.49. The van der Waals surface area contributed by atoms with Gasteiger partial charge in [-0.15, -0.1) is 0 Å². The first-order chi connectivity index (χ1) is 13.4. The van der Waals surface area contributed by atoms with Crippen LogP contribution in [-0.2, 0) is 11.2 Å². The predicted octanol–water partition coefficient (Wildman–Crippen LogP) is 2.09. The molecule has 2 rings (SSSR count). The molecule has 1 heterocycles. The number of rotatable bonds is 10. The number of hydrogen-bond donors (Lipinski definition) is 3.